The normalized spacial score (nSPS) is 11.0. The highest BCUT2D eigenvalue weighted by molar-refractivity contribution is 7.92. The second-order valence-electron chi connectivity index (χ2n) is 4.40. The van der Waals surface area contributed by atoms with Crippen LogP contribution in [0.1, 0.15) is 24.2 Å². The maximum Gasteiger partial charge on any atom is 0.342 e. The number of benzene rings is 1. The van der Waals surface area contributed by atoms with E-state index >= 15 is 0 Å². The molecule has 9 heteroatoms. The third-order valence-corrected chi connectivity index (χ3v) is 4.14. The standard InChI is InChI=1S/C14H17N3O5S/c1-3-21-11-7-5-10(6-8-11)17-23(19,20)13-12(9-15-16-13)14(18)22-4-2/h5-9,17H,3-4H2,1-2H3,(H,15,16). The Hall–Kier alpha value is -2.55. The fourth-order valence-corrected chi connectivity index (χ4v) is 2.97. The number of nitrogens with zero attached hydrogens (tertiary/aromatic N) is 1. The number of aromatic nitrogens is 2. The number of H-pyrrole nitrogens is 1. The van der Waals surface area contributed by atoms with Crippen molar-refractivity contribution in [2.75, 3.05) is 17.9 Å². The van der Waals surface area contributed by atoms with Gasteiger partial charge >= 0.3 is 5.97 Å². The molecule has 1 aromatic heterocycles. The van der Waals surface area contributed by atoms with E-state index in [1.165, 1.54) is 0 Å². The maximum atomic E-state index is 12.4. The van der Waals surface area contributed by atoms with Crippen LogP contribution < -0.4 is 9.46 Å². The summed E-state index contributed by atoms with van der Waals surface area (Å²) in [5.41, 5.74) is 0.183. The molecule has 1 heterocycles. The van der Waals surface area contributed by atoms with Gasteiger partial charge in [0.1, 0.15) is 11.3 Å². The molecule has 124 valence electrons. The van der Waals surface area contributed by atoms with Gasteiger partial charge in [-0.1, -0.05) is 0 Å². The Morgan fingerprint density at radius 3 is 2.52 bits per heavy atom. The molecule has 0 aliphatic heterocycles. The van der Waals surface area contributed by atoms with Crippen molar-refractivity contribution in [3.8, 4) is 5.75 Å². The molecule has 0 fully saturated rings. The first-order valence-electron chi connectivity index (χ1n) is 6.94. The van der Waals surface area contributed by atoms with E-state index < -0.39 is 16.0 Å². The number of carbonyl (C=O) groups excluding carboxylic acids is 1. The molecular formula is C14H17N3O5S. The lowest BCUT2D eigenvalue weighted by molar-refractivity contribution is 0.0522. The largest absolute Gasteiger partial charge is 0.494 e. The molecule has 0 saturated heterocycles. The number of sulfonamides is 1. The smallest absolute Gasteiger partial charge is 0.342 e. The van der Waals surface area contributed by atoms with Gasteiger partial charge in [-0.3, -0.25) is 9.82 Å². The first-order chi connectivity index (χ1) is 11.0. The monoisotopic (exact) mass is 339 g/mol. The highest BCUT2D eigenvalue weighted by Crippen LogP contribution is 2.20. The molecule has 0 amide bonds. The average molecular weight is 339 g/mol. The van der Waals surface area contributed by atoms with Crippen LogP contribution in [-0.2, 0) is 14.8 Å². The number of hydrogen-bond donors (Lipinski definition) is 2. The number of nitrogens with one attached hydrogen (secondary N) is 2. The molecule has 2 N–H and O–H groups in total. The number of esters is 1. The van der Waals surface area contributed by atoms with Gasteiger partial charge in [-0.25, -0.2) is 4.79 Å². The Bertz CT molecular complexity index is 768. The van der Waals surface area contributed by atoms with Crippen molar-refractivity contribution < 1.29 is 22.7 Å². The van der Waals surface area contributed by atoms with Gasteiger partial charge in [-0.15, -0.1) is 0 Å². The predicted molar refractivity (Wildman–Crippen MR) is 83.0 cm³/mol. The summed E-state index contributed by atoms with van der Waals surface area (Å²) in [7, 11) is -4.00. The van der Waals surface area contributed by atoms with Gasteiger partial charge in [0.15, 0.2) is 5.03 Å². The minimum absolute atomic E-state index is 0.135. The molecular weight excluding hydrogens is 322 g/mol. The van der Waals surface area contributed by atoms with Gasteiger partial charge in [-0.2, -0.15) is 13.5 Å². The van der Waals surface area contributed by atoms with E-state index in [-0.39, 0.29) is 17.2 Å². The van der Waals surface area contributed by atoms with Crippen LogP contribution in [0.5, 0.6) is 5.75 Å². The van der Waals surface area contributed by atoms with Crippen LogP contribution in [0, 0.1) is 0 Å². The minimum atomic E-state index is -4.00. The van der Waals surface area contributed by atoms with E-state index in [1.54, 1.807) is 31.2 Å². The number of hydrogen-bond acceptors (Lipinski definition) is 6. The molecule has 0 aliphatic carbocycles. The summed E-state index contributed by atoms with van der Waals surface area (Å²) in [6.45, 7) is 4.13. The number of carbonyl (C=O) groups is 1. The average Bonchev–Trinajstić information content (AvgIpc) is 3.00. The summed E-state index contributed by atoms with van der Waals surface area (Å²) in [4.78, 5) is 11.8. The Morgan fingerprint density at radius 1 is 1.22 bits per heavy atom. The molecule has 0 aliphatic rings. The van der Waals surface area contributed by atoms with Gasteiger partial charge in [0.25, 0.3) is 10.0 Å². The summed E-state index contributed by atoms with van der Waals surface area (Å²) in [6.07, 6.45) is 1.12. The molecule has 0 bridgehead atoms. The van der Waals surface area contributed by atoms with E-state index in [1.807, 2.05) is 6.92 Å². The maximum absolute atomic E-state index is 12.4. The van der Waals surface area contributed by atoms with Crippen LogP contribution in [0.3, 0.4) is 0 Å². The molecule has 0 spiro atoms. The molecule has 8 nitrogen and oxygen atoms in total. The zero-order chi connectivity index (χ0) is 16.9. The number of aromatic amines is 1. The van der Waals surface area contributed by atoms with E-state index in [0.717, 1.165) is 6.20 Å². The van der Waals surface area contributed by atoms with Crippen molar-refractivity contribution in [2.45, 2.75) is 18.9 Å². The second-order valence-corrected chi connectivity index (χ2v) is 6.02. The fourth-order valence-electron chi connectivity index (χ4n) is 1.83. The number of anilines is 1. The minimum Gasteiger partial charge on any atom is -0.494 e. The van der Waals surface area contributed by atoms with Crippen LogP contribution in [0.15, 0.2) is 35.5 Å². The van der Waals surface area contributed by atoms with Crippen LogP contribution >= 0.6 is 0 Å². The van der Waals surface area contributed by atoms with Crippen molar-refractivity contribution >= 4 is 21.7 Å². The van der Waals surface area contributed by atoms with Crippen molar-refractivity contribution in [3.05, 3.63) is 36.0 Å². The van der Waals surface area contributed by atoms with Gasteiger partial charge in [0.2, 0.25) is 0 Å². The van der Waals surface area contributed by atoms with Gasteiger partial charge in [0, 0.05) is 5.69 Å². The quantitative estimate of drug-likeness (QED) is 0.744. The zero-order valence-electron chi connectivity index (χ0n) is 12.7. The molecule has 0 atom stereocenters. The van der Waals surface area contributed by atoms with Crippen LogP contribution in [-0.4, -0.2) is 37.8 Å². The van der Waals surface area contributed by atoms with Crippen molar-refractivity contribution in [1.29, 1.82) is 0 Å². The Labute approximate surface area is 133 Å². The highest BCUT2D eigenvalue weighted by atomic mass is 32.2. The van der Waals surface area contributed by atoms with E-state index in [4.69, 9.17) is 9.47 Å². The third-order valence-electron chi connectivity index (χ3n) is 2.79. The van der Waals surface area contributed by atoms with E-state index in [2.05, 4.69) is 14.9 Å². The third kappa shape index (κ3) is 4.01. The summed E-state index contributed by atoms with van der Waals surface area (Å²) < 4.78 is 37.2. The summed E-state index contributed by atoms with van der Waals surface area (Å²) in [5, 5.41) is 5.58. The summed E-state index contributed by atoms with van der Waals surface area (Å²) in [5.74, 6) is -0.127. The lowest BCUT2D eigenvalue weighted by atomic mass is 10.3. The zero-order valence-corrected chi connectivity index (χ0v) is 13.5. The van der Waals surface area contributed by atoms with Crippen LogP contribution in [0.4, 0.5) is 5.69 Å². The van der Waals surface area contributed by atoms with Crippen molar-refractivity contribution in [2.24, 2.45) is 0 Å². The molecule has 0 saturated carbocycles. The molecule has 2 rings (SSSR count). The molecule has 0 radical (unpaired) electrons. The van der Waals surface area contributed by atoms with Crippen LogP contribution in [0.25, 0.3) is 0 Å². The summed E-state index contributed by atoms with van der Waals surface area (Å²) >= 11 is 0. The lowest BCUT2D eigenvalue weighted by Gasteiger charge is -2.09. The molecule has 1 aromatic carbocycles. The Morgan fingerprint density at radius 2 is 1.91 bits per heavy atom. The van der Waals surface area contributed by atoms with Gasteiger partial charge < -0.3 is 9.47 Å². The molecule has 0 unspecified atom stereocenters. The van der Waals surface area contributed by atoms with E-state index in [9.17, 15) is 13.2 Å². The lowest BCUT2D eigenvalue weighted by Crippen LogP contribution is -2.17. The van der Waals surface area contributed by atoms with Crippen LogP contribution in [0.2, 0.25) is 0 Å². The van der Waals surface area contributed by atoms with Gasteiger partial charge in [-0.05, 0) is 38.1 Å². The number of rotatable bonds is 7. The topological polar surface area (TPSA) is 110 Å². The SMILES string of the molecule is CCOC(=O)c1cn[nH]c1S(=O)(=O)Nc1ccc(OCC)cc1. The Balaban J connectivity index is 2.22. The predicted octanol–water partition coefficient (Wildman–Crippen LogP) is 1.79. The van der Waals surface area contributed by atoms with E-state index in [0.29, 0.717) is 18.0 Å². The Kier molecular flexibility index (Phi) is 5.22. The first kappa shape index (κ1) is 16.8. The van der Waals surface area contributed by atoms with Crippen molar-refractivity contribution in [3.63, 3.8) is 0 Å². The van der Waals surface area contributed by atoms with Crippen molar-refractivity contribution in [1.82, 2.24) is 10.2 Å². The summed E-state index contributed by atoms with van der Waals surface area (Å²) in [6, 6.07) is 6.40. The second kappa shape index (κ2) is 7.14. The number of ether oxygens (including phenoxy) is 2. The first-order valence-corrected chi connectivity index (χ1v) is 8.42. The molecule has 23 heavy (non-hydrogen) atoms. The molecule has 2 aromatic rings. The van der Waals surface area contributed by atoms with Gasteiger partial charge in [0.05, 0.1) is 19.4 Å². The fraction of sp³-hybridized carbons (Fsp3) is 0.286. The highest BCUT2D eigenvalue weighted by Gasteiger charge is 2.26.